The molecule has 0 amide bonds. The van der Waals surface area contributed by atoms with E-state index in [0.717, 1.165) is 19.3 Å². The van der Waals surface area contributed by atoms with Gasteiger partial charge in [0.1, 0.15) is 6.79 Å². The molecule has 0 aromatic rings. The average molecular weight is 216 g/mol. The lowest BCUT2D eigenvalue weighted by molar-refractivity contribution is -0.134. The Balaban J connectivity index is 3.37. The van der Waals surface area contributed by atoms with Crippen LogP contribution in [0.3, 0.4) is 0 Å². The number of esters is 1. The Labute approximate surface area is 91.2 Å². The quantitative estimate of drug-likeness (QED) is 0.269. The van der Waals surface area contributed by atoms with Crippen molar-refractivity contribution < 1.29 is 19.0 Å². The first-order valence-electron chi connectivity index (χ1n) is 5.05. The van der Waals surface area contributed by atoms with Crippen molar-refractivity contribution in [3.8, 4) is 0 Å². The Morgan fingerprint density at radius 1 is 1.40 bits per heavy atom. The number of carbonyl (C=O) groups excluding carboxylic acids is 1. The summed E-state index contributed by atoms with van der Waals surface area (Å²) in [6, 6.07) is 0. The van der Waals surface area contributed by atoms with Crippen LogP contribution in [0.4, 0.5) is 0 Å². The second-order valence-electron chi connectivity index (χ2n) is 3.24. The van der Waals surface area contributed by atoms with E-state index in [-0.39, 0.29) is 12.1 Å². The minimum Gasteiger partial charge on any atom is -0.466 e. The molecule has 0 aromatic heterocycles. The third-order valence-corrected chi connectivity index (χ3v) is 1.91. The Kier molecular flexibility index (Phi) is 9.11. The Hall–Kier alpha value is -0.870. The van der Waals surface area contributed by atoms with Crippen LogP contribution in [0.1, 0.15) is 26.2 Å². The second-order valence-corrected chi connectivity index (χ2v) is 3.24. The zero-order chi connectivity index (χ0) is 11.5. The molecule has 0 saturated carbocycles. The summed E-state index contributed by atoms with van der Waals surface area (Å²) in [6.45, 7) is 2.34. The van der Waals surface area contributed by atoms with Gasteiger partial charge in [0, 0.05) is 13.2 Å². The fourth-order valence-corrected chi connectivity index (χ4v) is 1.04. The molecule has 0 aliphatic heterocycles. The van der Waals surface area contributed by atoms with Gasteiger partial charge < -0.3 is 14.2 Å². The van der Waals surface area contributed by atoms with Gasteiger partial charge in [-0.05, 0) is 26.2 Å². The molecule has 0 rings (SSSR count). The van der Waals surface area contributed by atoms with Crippen LogP contribution in [0.2, 0.25) is 0 Å². The van der Waals surface area contributed by atoms with Crippen LogP contribution < -0.4 is 0 Å². The fourth-order valence-electron chi connectivity index (χ4n) is 1.04. The normalized spacial score (nSPS) is 13.0. The van der Waals surface area contributed by atoms with Gasteiger partial charge in [0.15, 0.2) is 0 Å². The highest BCUT2D eigenvalue weighted by Gasteiger charge is 2.00. The van der Waals surface area contributed by atoms with E-state index in [2.05, 4.69) is 4.74 Å². The molecule has 0 N–H and O–H groups in total. The second kappa shape index (κ2) is 9.68. The number of methoxy groups -OCH3 is 2. The Morgan fingerprint density at radius 3 is 2.73 bits per heavy atom. The predicted molar refractivity (Wildman–Crippen MR) is 57.4 cm³/mol. The van der Waals surface area contributed by atoms with Crippen LogP contribution in [0.5, 0.6) is 0 Å². The number of hydrogen-bond acceptors (Lipinski definition) is 4. The summed E-state index contributed by atoms with van der Waals surface area (Å²) < 4.78 is 14.6. The molecular formula is C11H20O4. The van der Waals surface area contributed by atoms with E-state index in [1.807, 2.05) is 13.0 Å². The number of hydrogen-bond donors (Lipinski definition) is 0. The lowest BCUT2D eigenvalue weighted by Gasteiger charge is -2.10. The highest BCUT2D eigenvalue weighted by molar-refractivity contribution is 5.81. The summed E-state index contributed by atoms with van der Waals surface area (Å²) >= 11 is 0. The smallest absolute Gasteiger partial charge is 0.330 e. The van der Waals surface area contributed by atoms with Gasteiger partial charge in [0.05, 0.1) is 13.2 Å². The maximum Gasteiger partial charge on any atom is 0.330 e. The van der Waals surface area contributed by atoms with E-state index >= 15 is 0 Å². The predicted octanol–water partition coefficient (Wildman–Crippen LogP) is 1.89. The maximum atomic E-state index is 10.7. The zero-order valence-corrected chi connectivity index (χ0v) is 9.69. The number of unbranched alkanes of at least 4 members (excludes halogenated alkanes) is 1. The van der Waals surface area contributed by atoms with Crippen molar-refractivity contribution in [3.63, 3.8) is 0 Å². The first-order chi connectivity index (χ1) is 7.20. The summed E-state index contributed by atoms with van der Waals surface area (Å²) in [5, 5.41) is 0. The number of carbonyl (C=O) groups is 1. The molecule has 4 heteroatoms. The van der Waals surface area contributed by atoms with Crippen molar-refractivity contribution in [2.75, 3.05) is 21.0 Å². The highest BCUT2D eigenvalue weighted by atomic mass is 16.7. The molecule has 0 radical (unpaired) electrons. The number of rotatable bonds is 8. The van der Waals surface area contributed by atoms with E-state index in [4.69, 9.17) is 9.47 Å². The average Bonchev–Trinajstić information content (AvgIpc) is 2.25. The molecule has 88 valence electrons. The molecule has 0 bridgehead atoms. The van der Waals surface area contributed by atoms with E-state index in [0.29, 0.717) is 6.79 Å². The molecule has 0 unspecified atom stereocenters. The van der Waals surface area contributed by atoms with Crippen molar-refractivity contribution in [2.45, 2.75) is 32.3 Å². The zero-order valence-electron chi connectivity index (χ0n) is 9.69. The molecular weight excluding hydrogens is 196 g/mol. The molecule has 0 fully saturated rings. The van der Waals surface area contributed by atoms with Crippen LogP contribution in [0, 0.1) is 0 Å². The third kappa shape index (κ3) is 9.43. The van der Waals surface area contributed by atoms with E-state index < -0.39 is 0 Å². The van der Waals surface area contributed by atoms with Gasteiger partial charge in [-0.2, -0.15) is 0 Å². The Bertz CT molecular complexity index is 189. The van der Waals surface area contributed by atoms with E-state index in [9.17, 15) is 4.79 Å². The van der Waals surface area contributed by atoms with Gasteiger partial charge in [-0.15, -0.1) is 0 Å². The van der Waals surface area contributed by atoms with Gasteiger partial charge >= 0.3 is 5.97 Å². The van der Waals surface area contributed by atoms with Crippen LogP contribution in [0.25, 0.3) is 0 Å². The minimum atomic E-state index is -0.307. The van der Waals surface area contributed by atoms with Crippen molar-refractivity contribution >= 4 is 5.97 Å². The van der Waals surface area contributed by atoms with Gasteiger partial charge in [0.25, 0.3) is 0 Å². The molecule has 0 heterocycles. The van der Waals surface area contributed by atoms with Gasteiger partial charge in [-0.1, -0.05) is 6.08 Å². The molecule has 4 nitrogen and oxygen atoms in total. The standard InChI is InChI=1S/C11H20O4/c1-10(15-9-13-2)7-5-4-6-8-11(12)14-3/h6,8,10H,4-5,7,9H2,1-3H3/b8-6+/t10-/m1/s1. The van der Waals surface area contributed by atoms with Crippen molar-refractivity contribution in [2.24, 2.45) is 0 Å². The summed E-state index contributed by atoms with van der Waals surface area (Å²) in [5.74, 6) is -0.307. The fraction of sp³-hybridized carbons (Fsp3) is 0.727. The largest absolute Gasteiger partial charge is 0.466 e. The van der Waals surface area contributed by atoms with Crippen LogP contribution in [-0.4, -0.2) is 33.1 Å². The topological polar surface area (TPSA) is 44.8 Å². The summed E-state index contributed by atoms with van der Waals surface area (Å²) in [4.78, 5) is 10.7. The maximum absolute atomic E-state index is 10.7. The summed E-state index contributed by atoms with van der Waals surface area (Å²) in [6.07, 6.45) is 6.25. The summed E-state index contributed by atoms with van der Waals surface area (Å²) in [5.41, 5.74) is 0. The van der Waals surface area contributed by atoms with Gasteiger partial charge in [0.2, 0.25) is 0 Å². The first-order valence-corrected chi connectivity index (χ1v) is 5.05. The van der Waals surface area contributed by atoms with Crippen LogP contribution in [-0.2, 0) is 19.0 Å². The molecule has 0 aliphatic rings. The molecule has 15 heavy (non-hydrogen) atoms. The van der Waals surface area contributed by atoms with Crippen molar-refractivity contribution in [3.05, 3.63) is 12.2 Å². The van der Waals surface area contributed by atoms with Crippen LogP contribution in [0.15, 0.2) is 12.2 Å². The summed E-state index contributed by atoms with van der Waals surface area (Å²) in [7, 11) is 2.97. The lowest BCUT2D eigenvalue weighted by atomic mass is 10.1. The molecule has 0 spiro atoms. The molecule has 0 aromatic carbocycles. The Morgan fingerprint density at radius 2 is 2.13 bits per heavy atom. The van der Waals surface area contributed by atoms with Crippen molar-refractivity contribution in [1.29, 1.82) is 0 Å². The number of ether oxygens (including phenoxy) is 3. The number of allylic oxidation sites excluding steroid dienone is 1. The van der Waals surface area contributed by atoms with Crippen LogP contribution >= 0.6 is 0 Å². The van der Waals surface area contributed by atoms with E-state index in [1.54, 1.807) is 7.11 Å². The van der Waals surface area contributed by atoms with Crippen molar-refractivity contribution in [1.82, 2.24) is 0 Å². The molecule has 0 saturated heterocycles. The monoisotopic (exact) mass is 216 g/mol. The van der Waals surface area contributed by atoms with Gasteiger partial charge in [-0.3, -0.25) is 0 Å². The lowest BCUT2D eigenvalue weighted by Crippen LogP contribution is -2.09. The first kappa shape index (κ1) is 14.1. The highest BCUT2D eigenvalue weighted by Crippen LogP contribution is 2.04. The molecule has 0 aliphatic carbocycles. The third-order valence-electron chi connectivity index (χ3n) is 1.91. The van der Waals surface area contributed by atoms with E-state index in [1.165, 1.54) is 13.2 Å². The minimum absolute atomic E-state index is 0.191. The molecule has 1 atom stereocenters. The SMILES string of the molecule is COCO[C@H](C)CCC/C=C/C(=O)OC. The van der Waals surface area contributed by atoms with Gasteiger partial charge in [-0.25, -0.2) is 4.79 Å².